The minimum absolute atomic E-state index is 1.13. The van der Waals surface area contributed by atoms with Gasteiger partial charge in [0.15, 0.2) is 0 Å². The van der Waals surface area contributed by atoms with Crippen molar-refractivity contribution in [3.63, 3.8) is 0 Å². The van der Waals surface area contributed by atoms with E-state index in [0.717, 1.165) is 11.4 Å². The van der Waals surface area contributed by atoms with Crippen molar-refractivity contribution in [2.24, 2.45) is 0 Å². The van der Waals surface area contributed by atoms with Gasteiger partial charge in [0.25, 0.3) is 0 Å². The summed E-state index contributed by atoms with van der Waals surface area (Å²) < 4.78 is 2.63. The summed E-state index contributed by atoms with van der Waals surface area (Å²) >= 11 is 1.86. The first-order valence-corrected chi connectivity index (χ1v) is 15.8. The Hall–Kier alpha value is -5.44. The summed E-state index contributed by atoms with van der Waals surface area (Å²) in [5, 5.41) is 10.3. The van der Waals surface area contributed by atoms with E-state index in [1.807, 2.05) is 11.3 Å². The number of hydrogen-bond acceptors (Lipinski definition) is 2. The number of anilines is 3. The fourth-order valence-corrected chi connectivity index (χ4v) is 7.92. The Morgan fingerprint density at radius 1 is 0.341 bits per heavy atom. The van der Waals surface area contributed by atoms with Crippen LogP contribution in [0.2, 0.25) is 0 Å². The molecule has 1 heterocycles. The maximum absolute atomic E-state index is 2.45. The van der Waals surface area contributed by atoms with Crippen molar-refractivity contribution in [1.29, 1.82) is 0 Å². The van der Waals surface area contributed by atoms with Gasteiger partial charge in [-0.3, -0.25) is 0 Å². The maximum atomic E-state index is 2.45. The molecule has 0 aliphatic rings. The Balaban J connectivity index is 1.35. The number of thiophene rings is 1. The summed E-state index contributed by atoms with van der Waals surface area (Å²) in [6, 6.07) is 59.7. The van der Waals surface area contributed by atoms with E-state index in [9.17, 15) is 0 Å². The predicted octanol–water partition coefficient (Wildman–Crippen LogP) is 12.7. The molecule has 1 nitrogen and oxygen atoms in total. The summed E-state index contributed by atoms with van der Waals surface area (Å²) in [6.45, 7) is 0. The molecule has 0 aliphatic carbocycles. The van der Waals surface area contributed by atoms with Gasteiger partial charge >= 0.3 is 0 Å². The Kier molecular flexibility index (Phi) is 5.75. The van der Waals surface area contributed by atoms with Crippen molar-refractivity contribution < 1.29 is 0 Å². The number of benzene rings is 8. The second-order valence-corrected chi connectivity index (χ2v) is 12.4. The van der Waals surface area contributed by atoms with E-state index in [4.69, 9.17) is 0 Å². The van der Waals surface area contributed by atoms with E-state index in [0.29, 0.717) is 0 Å². The molecule has 8 aromatic carbocycles. The van der Waals surface area contributed by atoms with Crippen LogP contribution >= 0.6 is 11.3 Å². The van der Waals surface area contributed by atoms with Crippen LogP contribution in [0, 0.1) is 0 Å². The molecule has 0 spiro atoms. The van der Waals surface area contributed by atoms with Crippen LogP contribution in [0.3, 0.4) is 0 Å². The zero-order chi connectivity index (χ0) is 29.0. The molecule has 0 saturated carbocycles. The average Bonchev–Trinajstić information content (AvgIpc) is 3.47. The van der Waals surface area contributed by atoms with Crippen LogP contribution in [0.1, 0.15) is 0 Å². The van der Waals surface area contributed by atoms with Crippen LogP contribution in [-0.4, -0.2) is 0 Å². The molecule has 206 valence electrons. The summed E-state index contributed by atoms with van der Waals surface area (Å²) in [7, 11) is 0. The highest BCUT2D eigenvalue weighted by Crippen LogP contribution is 2.46. The molecule has 0 amide bonds. The Labute approximate surface area is 259 Å². The number of rotatable bonds is 4. The van der Waals surface area contributed by atoms with E-state index in [1.54, 1.807) is 0 Å². The molecule has 0 unspecified atom stereocenters. The molecular weight excluding hydrogens is 551 g/mol. The van der Waals surface area contributed by atoms with Crippen LogP contribution in [0.25, 0.3) is 63.6 Å². The first-order valence-electron chi connectivity index (χ1n) is 15.0. The van der Waals surface area contributed by atoms with Gasteiger partial charge in [-0.15, -0.1) is 11.3 Å². The maximum Gasteiger partial charge on any atom is 0.0546 e. The summed E-state index contributed by atoms with van der Waals surface area (Å²) in [6.07, 6.45) is 0. The van der Waals surface area contributed by atoms with Crippen molar-refractivity contribution in [1.82, 2.24) is 0 Å². The molecule has 0 bridgehead atoms. The molecule has 2 heteroatoms. The lowest BCUT2D eigenvalue weighted by Gasteiger charge is -2.28. The summed E-state index contributed by atoms with van der Waals surface area (Å²) in [5.41, 5.74) is 5.89. The van der Waals surface area contributed by atoms with Gasteiger partial charge < -0.3 is 4.90 Å². The molecule has 0 fully saturated rings. The molecular formula is C42H27NS. The smallest absolute Gasteiger partial charge is 0.0546 e. The zero-order valence-electron chi connectivity index (χ0n) is 23.9. The van der Waals surface area contributed by atoms with E-state index in [2.05, 4.69) is 169 Å². The predicted molar refractivity (Wildman–Crippen MR) is 192 cm³/mol. The minimum atomic E-state index is 1.13. The SMILES string of the molecule is c1ccc(-c2ccc(N(c3ccc4sc5ccccc5c4c3)c3cccc4c5ccccc5c5ccccc5c34)cc2)cc1. The lowest BCUT2D eigenvalue weighted by Crippen LogP contribution is -2.10. The Morgan fingerprint density at radius 3 is 1.59 bits per heavy atom. The lowest BCUT2D eigenvalue weighted by atomic mass is 9.93. The van der Waals surface area contributed by atoms with E-state index in [-0.39, 0.29) is 0 Å². The molecule has 0 radical (unpaired) electrons. The van der Waals surface area contributed by atoms with Gasteiger partial charge in [0.2, 0.25) is 0 Å². The highest BCUT2D eigenvalue weighted by Gasteiger charge is 2.20. The van der Waals surface area contributed by atoms with Crippen LogP contribution in [0.4, 0.5) is 17.1 Å². The Morgan fingerprint density at radius 2 is 0.864 bits per heavy atom. The highest BCUT2D eigenvalue weighted by molar-refractivity contribution is 7.25. The summed E-state index contributed by atoms with van der Waals surface area (Å²) in [4.78, 5) is 2.45. The third kappa shape index (κ3) is 3.92. The highest BCUT2D eigenvalue weighted by atomic mass is 32.1. The third-order valence-electron chi connectivity index (χ3n) is 8.84. The van der Waals surface area contributed by atoms with Crippen LogP contribution in [0.5, 0.6) is 0 Å². The number of nitrogens with zero attached hydrogens (tertiary/aromatic N) is 1. The van der Waals surface area contributed by atoms with Crippen molar-refractivity contribution in [3.05, 3.63) is 164 Å². The van der Waals surface area contributed by atoms with E-state index >= 15 is 0 Å². The number of fused-ring (bicyclic) bond motifs is 9. The fourth-order valence-electron chi connectivity index (χ4n) is 6.84. The molecule has 0 aliphatic heterocycles. The van der Waals surface area contributed by atoms with Crippen molar-refractivity contribution in [3.8, 4) is 11.1 Å². The van der Waals surface area contributed by atoms with Gasteiger partial charge in [-0.2, -0.15) is 0 Å². The monoisotopic (exact) mass is 577 g/mol. The quantitative estimate of drug-likeness (QED) is 0.188. The normalized spacial score (nSPS) is 11.6. The van der Waals surface area contributed by atoms with Crippen LogP contribution < -0.4 is 4.90 Å². The van der Waals surface area contributed by atoms with Crippen molar-refractivity contribution in [2.45, 2.75) is 0 Å². The van der Waals surface area contributed by atoms with Gasteiger partial charge in [-0.1, -0.05) is 121 Å². The van der Waals surface area contributed by atoms with Crippen LogP contribution in [0.15, 0.2) is 164 Å². The van der Waals surface area contributed by atoms with E-state index < -0.39 is 0 Å². The molecule has 0 N–H and O–H groups in total. The van der Waals surface area contributed by atoms with Gasteiger partial charge in [0.05, 0.1) is 5.69 Å². The topological polar surface area (TPSA) is 3.24 Å². The molecule has 0 atom stereocenters. The second kappa shape index (κ2) is 10.1. The first-order chi connectivity index (χ1) is 21.8. The van der Waals surface area contributed by atoms with Crippen molar-refractivity contribution in [2.75, 3.05) is 4.90 Å². The molecule has 9 aromatic rings. The van der Waals surface area contributed by atoms with Crippen molar-refractivity contribution >= 4 is 80.9 Å². The molecule has 9 rings (SSSR count). The molecule has 1 aromatic heterocycles. The van der Waals surface area contributed by atoms with Crippen LogP contribution in [-0.2, 0) is 0 Å². The van der Waals surface area contributed by atoms with Gasteiger partial charge in [0.1, 0.15) is 0 Å². The number of hydrogen-bond donors (Lipinski definition) is 0. The average molecular weight is 578 g/mol. The van der Waals surface area contributed by atoms with Gasteiger partial charge in [0, 0.05) is 36.9 Å². The first kappa shape index (κ1) is 25.1. The van der Waals surface area contributed by atoms with Gasteiger partial charge in [-0.05, 0) is 80.5 Å². The molecule has 44 heavy (non-hydrogen) atoms. The summed E-state index contributed by atoms with van der Waals surface area (Å²) in [5.74, 6) is 0. The fraction of sp³-hybridized carbons (Fsp3) is 0. The standard InChI is InChI=1S/C42H27NS/c1-2-11-28(12-3-1)29-21-23-30(24-22-29)43(31-25-26-41-38(27-31)35-16-8-9-20-40(35)44-41)39-19-10-18-37-34-14-5-4-13-32(34)33-15-6-7-17-36(33)42(37)39/h1-27H. The molecule has 0 saturated heterocycles. The third-order valence-corrected chi connectivity index (χ3v) is 9.99. The largest absolute Gasteiger partial charge is 0.310 e. The zero-order valence-corrected chi connectivity index (χ0v) is 24.8. The lowest BCUT2D eigenvalue weighted by molar-refractivity contribution is 1.31. The Bertz CT molecular complexity index is 2440. The van der Waals surface area contributed by atoms with E-state index in [1.165, 1.54) is 69.3 Å². The van der Waals surface area contributed by atoms with Gasteiger partial charge in [-0.25, -0.2) is 0 Å². The minimum Gasteiger partial charge on any atom is -0.310 e. The second-order valence-electron chi connectivity index (χ2n) is 11.3.